The summed E-state index contributed by atoms with van der Waals surface area (Å²) in [5, 5.41) is 7.27. The number of fused-ring (bicyclic) bond motifs is 1. The van der Waals surface area contributed by atoms with Gasteiger partial charge in [0, 0.05) is 36.9 Å². The van der Waals surface area contributed by atoms with Crippen molar-refractivity contribution in [1.29, 1.82) is 0 Å². The Bertz CT molecular complexity index is 1770. The van der Waals surface area contributed by atoms with E-state index in [1.54, 1.807) is 6.07 Å². The second kappa shape index (κ2) is 9.94. The SMILES string of the molecule is CNC(=O)c1cc(-n2c([C@@H]3CCCC(=O)N3c3ccc(F)c(F)c3)nc3cc(-c4c(C)noc4C)ccc32)sn1. The van der Waals surface area contributed by atoms with Crippen molar-refractivity contribution in [2.75, 3.05) is 11.9 Å². The highest BCUT2D eigenvalue weighted by atomic mass is 32.1. The summed E-state index contributed by atoms with van der Waals surface area (Å²) in [6.45, 7) is 3.71. The Kier molecular flexibility index (Phi) is 6.41. The first-order valence-corrected chi connectivity index (χ1v) is 13.5. The molecule has 5 aromatic rings. The number of benzene rings is 2. The summed E-state index contributed by atoms with van der Waals surface area (Å²) in [4.78, 5) is 32.0. The second-order valence-corrected chi connectivity index (χ2v) is 10.4. The van der Waals surface area contributed by atoms with E-state index >= 15 is 0 Å². The van der Waals surface area contributed by atoms with E-state index in [1.807, 2.05) is 36.6 Å². The maximum atomic E-state index is 14.3. The summed E-state index contributed by atoms with van der Waals surface area (Å²) in [5.74, 6) is -1.37. The lowest BCUT2D eigenvalue weighted by Crippen LogP contribution is -2.39. The van der Waals surface area contributed by atoms with Crippen LogP contribution < -0.4 is 10.2 Å². The molecule has 2 aromatic carbocycles. The highest BCUT2D eigenvalue weighted by molar-refractivity contribution is 7.08. The Morgan fingerprint density at radius 1 is 1.12 bits per heavy atom. The molecule has 1 aliphatic rings. The number of hydrogen-bond donors (Lipinski definition) is 1. The molecule has 12 heteroatoms. The third-order valence-electron chi connectivity index (χ3n) is 7.11. The average Bonchev–Trinajstić information content (AvgIpc) is 3.66. The minimum Gasteiger partial charge on any atom is -0.361 e. The topological polar surface area (TPSA) is 106 Å². The molecule has 1 saturated heterocycles. The van der Waals surface area contributed by atoms with Crippen molar-refractivity contribution in [1.82, 2.24) is 24.4 Å². The minimum atomic E-state index is -1.04. The summed E-state index contributed by atoms with van der Waals surface area (Å²) < 4.78 is 39.6. The van der Waals surface area contributed by atoms with Gasteiger partial charge >= 0.3 is 0 Å². The predicted molar refractivity (Wildman–Crippen MR) is 146 cm³/mol. The van der Waals surface area contributed by atoms with Crippen LogP contribution in [0.5, 0.6) is 0 Å². The van der Waals surface area contributed by atoms with Gasteiger partial charge in [0.05, 0.1) is 22.8 Å². The monoisotopic (exact) mass is 562 g/mol. The van der Waals surface area contributed by atoms with Crippen LogP contribution in [0.3, 0.4) is 0 Å². The number of rotatable bonds is 5. The van der Waals surface area contributed by atoms with E-state index in [9.17, 15) is 18.4 Å². The van der Waals surface area contributed by atoms with Gasteiger partial charge in [0.15, 0.2) is 11.6 Å². The quantitative estimate of drug-likeness (QED) is 0.297. The zero-order chi connectivity index (χ0) is 28.1. The van der Waals surface area contributed by atoms with E-state index in [4.69, 9.17) is 9.51 Å². The lowest BCUT2D eigenvalue weighted by Gasteiger charge is -2.35. The molecule has 0 unspecified atom stereocenters. The number of nitrogens with zero attached hydrogens (tertiary/aromatic N) is 5. The van der Waals surface area contributed by atoms with Gasteiger partial charge in [-0.05, 0) is 68.1 Å². The zero-order valence-corrected chi connectivity index (χ0v) is 22.7. The van der Waals surface area contributed by atoms with Crippen molar-refractivity contribution < 1.29 is 22.9 Å². The maximum Gasteiger partial charge on any atom is 0.270 e. The third-order valence-corrected chi connectivity index (χ3v) is 7.88. The summed E-state index contributed by atoms with van der Waals surface area (Å²) in [6.07, 6.45) is 1.42. The van der Waals surface area contributed by atoms with Crippen molar-refractivity contribution in [2.24, 2.45) is 0 Å². The number of aromatic nitrogens is 4. The number of carbonyl (C=O) groups is 2. The molecule has 0 saturated carbocycles. The lowest BCUT2D eigenvalue weighted by atomic mass is 9.99. The van der Waals surface area contributed by atoms with Crippen LogP contribution in [0.2, 0.25) is 0 Å². The van der Waals surface area contributed by atoms with Gasteiger partial charge in [0.25, 0.3) is 5.91 Å². The summed E-state index contributed by atoms with van der Waals surface area (Å²) in [7, 11) is 1.53. The normalized spacial score (nSPS) is 15.7. The predicted octanol–water partition coefficient (Wildman–Crippen LogP) is 5.65. The first-order valence-electron chi connectivity index (χ1n) is 12.7. The molecule has 0 bridgehead atoms. The van der Waals surface area contributed by atoms with Gasteiger partial charge in [0.1, 0.15) is 22.3 Å². The fraction of sp³-hybridized carbons (Fsp3) is 0.250. The number of carbonyl (C=O) groups excluding carboxylic acids is 2. The molecule has 40 heavy (non-hydrogen) atoms. The molecule has 0 spiro atoms. The Morgan fingerprint density at radius 2 is 1.95 bits per heavy atom. The van der Waals surface area contributed by atoms with Gasteiger partial charge in [-0.1, -0.05) is 11.2 Å². The molecule has 4 heterocycles. The van der Waals surface area contributed by atoms with E-state index in [0.29, 0.717) is 34.9 Å². The number of anilines is 1. The zero-order valence-electron chi connectivity index (χ0n) is 21.9. The van der Waals surface area contributed by atoms with E-state index in [1.165, 1.54) is 18.0 Å². The first-order chi connectivity index (χ1) is 19.3. The minimum absolute atomic E-state index is 0.215. The second-order valence-electron chi connectivity index (χ2n) is 9.61. The third kappa shape index (κ3) is 4.24. The lowest BCUT2D eigenvalue weighted by molar-refractivity contribution is -0.120. The molecule has 6 rings (SSSR count). The molecule has 3 aromatic heterocycles. The van der Waals surface area contributed by atoms with Gasteiger partial charge in [-0.2, -0.15) is 4.37 Å². The summed E-state index contributed by atoms with van der Waals surface area (Å²) >= 11 is 1.13. The smallest absolute Gasteiger partial charge is 0.270 e. The Labute approximate surface area is 231 Å². The fourth-order valence-corrected chi connectivity index (χ4v) is 6.05. The fourth-order valence-electron chi connectivity index (χ4n) is 5.28. The molecular formula is C28H24F2N6O3S. The van der Waals surface area contributed by atoms with Gasteiger partial charge in [-0.15, -0.1) is 0 Å². The maximum absolute atomic E-state index is 14.3. The van der Waals surface area contributed by atoms with Gasteiger partial charge in [0.2, 0.25) is 5.91 Å². The van der Waals surface area contributed by atoms with Crippen LogP contribution in [0.4, 0.5) is 14.5 Å². The molecular weight excluding hydrogens is 538 g/mol. The van der Waals surface area contributed by atoms with Crippen LogP contribution in [0.1, 0.15) is 53.1 Å². The number of hydrogen-bond acceptors (Lipinski definition) is 7. The molecule has 1 aliphatic heterocycles. The summed E-state index contributed by atoms with van der Waals surface area (Å²) in [5.41, 5.74) is 4.36. The van der Waals surface area contributed by atoms with Gasteiger partial charge < -0.3 is 14.7 Å². The van der Waals surface area contributed by atoms with Crippen LogP contribution in [0, 0.1) is 25.5 Å². The van der Waals surface area contributed by atoms with Crippen molar-refractivity contribution in [2.45, 2.75) is 39.2 Å². The van der Waals surface area contributed by atoms with Crippen molar-refractivity contribution in [3.8, 4) is 16.1 Å². The molecule has 0 radical (unpaired) electrons. The molecule has 1 N–H and O–H groups in total. The molecule has 2 amide bonds. The molecule has 9 nitrogen and oxygen atoms in total. The Hall–Kier alpha value is -4.45. The molecule has 1 fully saturated rings. The van der Waals surface area contributed by atoms with Crippen LogP contribution in [0.25, 0.3) is 27.2 Å². The number of nitrogens with one attached hydrogen (secondary N) is 1. The van der Waals surface area contributed by atoms with Crippen molar-refractivity contribution >= 4 is 40.1 Å². The first kappa shape index (κ1) is 25.8. The summed E-state index contributed by atoms with van der Waals surface area (Å²) in [6, 6.07) is 10.3. The van der Waals surface area contributed by atoms with Crippen LogP contribution in [-0.2, 0) is 4.79 Å². The standard InChI is InChI=1S/C28H24F2N6O3S/c1-14-26(15(2)39-33-14)16-7-10-22-20(11-16)32-27(36(22)25-13-21(34-40-25)28(38)31-3)23-5-4-6-24(37)35(23)17-8-9-18(29)19(30)12-17/h7-13,23H,4-6H2,1-3H3,(H,31,38)/t23-/m0/s1. The van der Waals surface area contributed by atoms with E-state index < -0.39 is 17.7 Å². The van der Waals surface area contributed by atoms with Crippen LogP contribution in [0.15, 0.2) is 47.0 Å². The number of halogens is 2. The highest BCUT2D eigenvalue weighted by Gasteiger charge is 2.35. The number of imidazole rings is 1. The van der Waals surface area contributed by atoms with Gasteiger partial charge in [-0.3, -0.25) is 14.2 Å². The van der Waals surface area contributed by atoms with E-state index in [2.05, 4.69) is 14.8 Å². The van der Waals surface area contributed by atoms with Crippen molar-refractivity contribution in [3.05, 3.63) is 77.1 Å². The molecule has 204 valence electrons. The van der Waals surface area contributed by atoms with Crippen LogP contribution in [-0.4, -0.2) is 37.9 Å². The Balaban J connectivity index is 1.56. The highest BCUT2D eigenvalue weighted by Crippen LogP contribution is 2.40. The Morgan fingerprint density at radius 3 is 2.67 bits per heavy atom. The van der Waals surface area contributed by atoms with Crippen molar-refractivity contribution in [3.63, 3.8) is 0 Å². The molecule has 0 aliphatic carbocycles. The number of amides is 2. The van der Waals surface area contributed by atoms with E-state index in [0.717, 1.165) is 46.0 Å². The molecule has 1 atom stereocenters. The van der Waals surface area contributed by atoms with Gasteiger partial charge in [-0.25, -0.2) is 13.8 Å². The van der Waals surface area contributed by atoms with E-state index in [-0.39, 0.29) is 29.6 Å². The number of piperidine rings is 1. The van der Waals surface area contributed by atoms with Crippen LogP contribution >= 0.6 is 11.5 Å². The largest absolute Gasteiger partial charge is 0.361 e. The number of aryl methyl sites for hydroxylation is 2. The average molecular weight is 563 g/mol.